The molecule has 2 aliphatic rings. The lowest BCUT2D eigenvalue weighted by atomic mass is 9.71. The fourth-order valence-electron chi connectivity index (χ4n) is 5.28. The Kier molecular flexibility index (Phi) is 7.79. The number of Topliss-reactive ketones (excluding diaryl/α,β-unsaturated/α-hetero) is 1. The Labute approximate surface area is 198 Å². The average molecular weight is 474 g/mol. The highest BCUT2D eigenvalue weighted by Crippen LogP contribution is 2.41. The Hall–Kier alpha value is -2.27. The lowest BCUT2D eigenvalue weighted by molar-refractivity contribution is -0.130. The van der Waals surface area contributed by atoms with Crippen LogP contribution in [0.1, 0.15) is 68.5 Å². The summed E-state index contributed by atoms with van der Waals surface area (Å²) in [4.78, 5) is 25.2. The molecular formula is C27H30ClF2NO2. The van der Waals surface area contributed by atoms with Crippen molar-refractivity contribution in [2.75, 3.05) is 0 Å². The summed E-state index contributed by atoms with van der Waals surface area (Å²) in [6.45, 7) is 0. The Bertz CT molecular complexity index is 985. The van der Waals surface area contributed by atoms with Crippen LogP contribution in [0, 0.1) is 29.4 Å². The van der Waals surface area contributed by atoms with Gasteiger partial charge in [-0.05, 0) is 61.6 Å². The number of rotatable bonds is 9. The van der Waals surface area contributed by atoms with Crippen molar-refractivity contribution in [3.63, 3.8) is 0 Å². The zero-order valence-corrected chi connectivity index (χ0v) is 19.4. The number of ketones is 1. The lowest BCUT2D eigenvalue weighted by Gasteiger charge is -2.36. The molecule has 1 amide bonds. The van der Waals surface area contributed by atoms with Gasteiger partial charge in [0.2, 0.25) is 5.91 Å². The van der Waals surface area contributed by atoms with Crippen LogP contribution in [0.5, 0.6) is 0 Å². The number of carbonyl (C=O) groups excluding carboxylic acids is 2. The van der Waals surface area contributed by atoms with Crippen LogP contribution < -0.4 is 5.32 Å². The summed E-state index contributed by atoms with van der Waals surface area (Å²) in [5.74, 6) is -1.23. The molecule has 2 aliphatic carbocycles. The molecule has 0 heterocycles. The van der Waals surface area contributed by atoms with E-state index in [4.69, 9.17) is 11.6 Å². The van der Waals surface area contributed by atoms with Gasteiger partial charge in [0.1, 0.15) is 17.4 Å². The highest BCUT2D eigenvalue weighted by molar-refractivity contribution is 6.30. The molecule has 3 nitrogen and oxygen atoms in total. The van der Waals surface area contributed by atoms with Crippen LogP contribution >= 0.6 is 11.6 Å². The van der Waals surface area contributed by atoms with Gasteiger partial charge in [-0.25, -0.2) is 8.78 Å². The van der Waals surface area contributed by atoms with E-state index < -0.39 is 17.7 Å². The Balaban J connectivity index is 1.31. The summed E-state index contributed by atoms with van der Waals surface area (Å²) in [7, 11) is 0. The largest absolute Gasteiger partial charge is 0.349 e. The molecule has 33 heavy (non-hydrogen) atoms. The molecule has 0 aliphatic heterocycles. The monoisotopic (exact) mass is 473 g/mol. The Morgan fingerprint density at radius 3 is 2.42 bits per heavy atom. The summed E-state index contributed by atoms with van der Waals surface area (Å²) in [6, 6.07) is 11.4. The molecular weight excluding hydrogens is 444 g/mol. The third kappa shape index (κ3) is 5.81. The number of carbonyl (C=O) groups is 2. The maximum Gasteiger partial charge on any atom is 0.223 e. The van der Waals surface area contributed by atoms with Gasteiger partial charge in [-0.2, -0.15) is 0 Å². The zero-order valence-electron chi connectivity index (χ0n) is 18.7. The van der Waals surface area contributed by atoms with Crippen molar-refractivity contribution < 1.29 is 18.4 Å². The molecule has 2 aromatic carbocycles. The van der Waals surface area contributed by atoms with Crippen LogP contribution in [0.4, 0.5) is 8.78 Å². The van der Waals surface area contributed by atoms with Crippen LogP contribution in [0.15, 0.2) is 42.5 Å². The van der Waals surface area contributed by atoms with E-state index in [0.717, 1.165) is 37.7 Å². The van der Waals surface area contributed by atoms with Gasteiger partial charge in [0.05, 0.1) is 11.1 Å². The first-order chi connectivity index (χ1) is 15.9. The number of benzene rings is 2. The second-order valence-electron chi connectivity index (χ2n) is 9.56. The van der Waals surface area contributed by atoms with Crippen molar-refractivity contribution in [2.45, 2.75) is 63.8 Å². The molecule has 0 spiro atoms. The molecule has 0 aromatic heterocycles. The third-order valence-electron chi connectivity index (χ3n) is 7.24. The highest BCUT2D eigenvalue weighted by Gasteiger charge is 2.38. The van der Waals surface area contributed by atoms with Crippen molar-refractivity contribution >= 4 is 23.3 Å². The van der Waals surface area contributed by atoms with Gasteiger partial charge < -0.3 is 5.32 Å². The minimum absolute atomic E-state index is 0.00268. The second kappa shape index (κ2) is 10.8. The smallest absolute Gasteiger partial charge is 0.223 e. The summed E-state index contributed by atoms with van der Waals surface area (Å²) < 4.78 is 29.3. The van der Waals surface area contributed by atoms with Gasteiger partial charge in [0.25, 0.3) is 0 Å². The molecule has 1 atom stereocenters. The van der Waals surface area contributed by atoms with Gasteiger partial charge >= 0.3 is 0 Å². The standard InChI is InChI=1S/C27H30ClF2NO2/c28-22-12-13-23(29)24(25(22)30)26(19-8-4-5-9-19)31-27(33)20-14-18(15-20)10-11-21(32)16-17-6-2-1-3-7-17/h1-3,6-7,12-13,18-20,26H,4-5,8-11,14-16H2,(H,31,33)/t18?,20?,26-/m0/s1. The maximum atomic E-state index is 14.8. The molecule has 2 saturated carbocycles. The molecule has 0 radical (unpaired) electrons. The highest BCUT2D eigenvalue weighted by atomic mass is 35.5. The van der Waals surface area contributed by atoms with E-state index in [1.165, 1.54) is 12.1 Å². The number of nitrogens with one attached hydrogen (secondary N) is 1. The minimum Gasteiger partial charge on any atom is -0.349 e. The van der Waals surface area contributed by atoms with Crippen LogP contribution in [0.25, 0.3) is 0 Å². The molecule has 4 rings (SSSR count). The fraction of sp³-hybridized carbons (Fsp3) is 0.481. The normalized spacial score (nSPS) is 21.4. The second-order valence-corrected chi connectivity index (χ2v) is 9.97. The topological polar surface area (TPSA) is 46.2 Å². The first-order valence-electron chi connectivity index (χ1n) is 11.9. The van der Waals surface area contributed by atoms with Crippen LogP contribution in [0.2, 0.25) is 5.02 Å². The predicted molar refractivity (Wildman–Crippen MR) is 125 cm³/mol. The van der Waals surface area contributed by atoms with Gasteiger partial charge in [0, 0.05) is 24.3 Å². The molecule has 0 bridgehead atoms. The SMILES string of the molecule is O=C(CCC1CC(C(=O)N[C@H](c2c(F)ccc(Cl)c2F)C2CCCC2)C1)Cc1ccccc1. The van der Waals surface area contributed by atoms with Crippen LogP contribution in [-0.4, -0.2) is 11.7 Å². The molecule has 0 saturated heterocycles. The molecule has 176 valence electrons. The van der Waals surface area contributed by atoms with Gasteiger partial charge in [0.15, 0.2) is 0 Å². The number of hydrogen-bond donors (Lipinski definition) is 1. The fourth-order valence-corrected chi connectivity index (χ4v) is 5.44. The van der Waals surface area contributed by atoms with Crippen LogP contribution in [-0.2, 0) is 16.0 Å². The van der Waals surface area contributed by atoms with E-state index in [2.05, 4.69) is 5.32 Å². The molecule has 2 fully saturated rings. The van der Waals surface area contributed by atoms with Gasteiger partial charge in [-0.15, -0.1) is 0 Å². The number of amides is 1. The molecule has 1 N–H and O–H groups in total. The van der Waals surface area contributed by atoms with E-state index in [1.807, 2.05) is 30.3 Å². The van der Waals surface area contributed by atoms with Gasteiger partial charge in [-0.1, -0.05) is 54.8 Å². The maximum absolute atomic E-state index is 14.8. The summed E-state index contributed by atoms with van der Waals surface area (Å²) >= 11 is 5.92. The first kappa shape index (κ1) is 23.9. The van der Waals surface area contributed by atoms with E-state index in [1.54, 1.807) is 0 Å². The predicted octanol–water partition coefficient (Wildman–Crippen LogP) is 6.58. The summed E-state index contributed by atoms with van der Waals surface area (Å²) in [5, 5.41) is 2.83. The zero-order chi connectivity index (χ0) is 23.4. The summed E-state index contributed by atoms with van der Waals surface area (Å²) in [6.07, 6.45) is 6.78. The van der Waals surface area contributed by atoms with Crippen molar-refractivity contribution in [2.24, 2.45) is 17.8 Å². The van der Waals surface area contributed by atoms with E-state index >= 15 is 0 Å². The number of halogens is 3. The van der Waals surface area contributed by atoms with E-state index in [9.17, 15) is 18.4 Å². The lowest BCUT2D eigenvalue weighted by Crippen LogP contribution is -2.42. The van der Waals surface area contributed by atoms with Crippen molar-refractivity contribution in [1.82, 2.24) is 5.32 Å². The van der Waals surface area contributed by atoms with Gasteiger partial charge in [-0.3, -0.25) is 9.59 Å². The van der Waals surface area contributed by atoms with Crippen LogP contribution in [0.3, 0.4) is 0 Å². The Morgan fingerprint density at radius 1 is 1.03 bits per heavy atom. The molecule has 0 unspecified atom stereocenters. The average Bonchev–Trinajstić information content (AvgIpc) is 3.30. The van der Waals surface area contributed by atoms with Crippen molar-refractivity contribution in [3.05, 3.63) is 70.2 Å². The summed E-state index contributed by atoms with van der Waals surface area (Å²) in [5.41, 5.74) is 0.900. The minimum atomic E-state index is -0.780. The third-order valence-corrected chi connectivity index (χ3v) is 7.53. The van der Waals surface area contributed by atoms with Crippen molar-refractivity contribution in [1.29, 1.82) is 0 Å². The molecule has 2 aromatic rings. The quantitative estimate of drug-likeness (QED) is 0.418. The van der Waals surface area contributed by atoms with Crippen molar-refractivity contribution in [3.8, 4) is 0 Å². The number of hydrogen-bond acceptors (Lipinski definition) is 2. The van der Waals surface area contributed by atoms with E-state index in [0.29, 0.717) is 31.6 Å². The van der Waals surface area contributed by atoms with E-state index in [-0.39, 0.29) is 34.1 Å². The molecule has 6 heteroatoms. The first-order valence-corrected chi connectivity index (χ1v) is 12.3. The Morgan fingerprint density at radius 2 is 1.73 bits per heavy atom.